The van der Waals surface area contributed by atoms with Crippen LogP contribution in [0.4, 0.5) is 0 Å². The summed E-state index contributed by atoms with van der Waals surface area (Å²) >= 11 is 11.9. The summed E-state index contributed by atoms with van der Waals surface area (Å²) < 4.78 is 0. The molecule has 0 heterocycles. The van der Waals surface area contributed by atoms with Crippen LogP contribution in [0, 0.1) is 6.92 Å². The molecule has 1 atom stereocenters. The van der Waals surface area contributed by atoms with E-state index in [0.29, 0.717) is 10.0 Å². The Hall–Kier alpha value is -1.51. The summed E-state index contributed by atoms with van der Waals surface area (Å²) in [5.41, 5.74) is 3.05. The van der Waals surface area contributed by atoms with Crippen molar-refractivity contribution in [2.75, 3.05) is 0 Å². The number of aryl methyl sites for hydroxylation is 1. The molecule has 0 bridgehead atoms. The van der Waals surface area contributed by atoms with Crippen molar-refractivity contribution in [2.45, 2.75) is 26.3 Å². The zero-order valence-corrected chi connectivity index (χ0v) is 13.5. The van der Waals surface area contributed by atoms with Gasteiger partial charge in [-0.1, -0.05) is 53.5 Å². The van der Waals surface area contributed by atoms with E-state index < -0.39 is 0 Å². The van der Waals surface area contributed by atoms with Crippen molar-refractivity contribution in [3.63, 3.8) is 0 Å². The van der Waals surface area contributed by atoms with E-state index in [-0.39, 0.29) is 18.4 Å². The summed E-state index contributed by atoms with van der Waals surface area (Å²) in [4.78, 5) is 12.1. The van der Waals surface area contributed by atoms with Crippen LogP contribution in [0.5, 0.6) is 0 Å². The third-order valence-electron chi connectivity index (χ3n) is 3.40. The molecule has 2 nitrogen and oxygen atoms in total. The zero-order valence-electron chi connectivity index (χ0n) is 12.0. The molecule has 1 N–H and O–H groups in total. The lowest BCUT2D eigenvalue weighted by atomic mass is 10.0. The summed E-state index contributed by atoms with van der Waals surface area (Å²) in [5, 5.41) is 4.08. The maximum Gasteiger partial charge on any atom is 0.224 e. The minimum absolute atomic E-state index is 0.0372. The second-order valence-corrected chi connectivity index (χ2v) is 5.90. The number of rotatable bonds is 4. The first-order valence-electron chi connectivity index (χ1n) is 6.76. The van der Waals surface area contributed by atoms with Crippen molar-refractivity contribution in [2.24, 2.45) is 0 Å². The van der Waals surface area contributed by atoms with Crippen LogP contribution in [-0.2, 0) is 11.2 Å². The van der Waals surface area contributed by atoms with E-state index in [0.717, 1.165) is 16.7 Å². The van der Waals surface area contributed by atoms with E-state index in [1.165, 1.54) is 0 Å². The quantitative estimate of drug-likeness (QED) is 0.867. The molecule has 1 amide bonds. The normalized spacial score (nSPS) is 12.0. The molecule has 2 rings (SSSR count). The number of benzene rings is 2. The van der Waals surface area contributed by atoms with Crippen LogP contribution < -0.4 is 5.32 Å². The largest absolute Gasteiger partial charge is 0.349 e. The van der Waals surface area contributed by atoms with Crippen molar-refractivity contribution in [1.82, 2.24) is 5.32 Å². The Labute approximate surface area is 135 Å². The average Bonchev–Trinajstić information content (AvgIpc) is 2.42. The molecule has 0 aromatic heterocycles. The fourth-order valence-corrected chi connectivity index (χ4v) is 2.76. The minimum Gasteiger partial charge on any atom is -0.349 e. The Morgan fingerprint density at radius 2 is 1.90 bits per heavy atom. The van der Waals surface area contributed by atoms with Crippen LogP contribution in [0.25, 0.3) is 0 Å². The third kappa shape index (κ3) is 4.23. The number of carbonyl (C=O) groups is 1. The molecule has 0 saturated carbocycles. The van der Waals surface area contributed by atoms with E-state index in [1.54, 1.807) is 18.2 Å². The van der Waals surface area contributed by atoms with Crippen LogP contribution in [-0.4, -0.2) is 5.91 Å². The van der Waals surface area contributed by atoms with Crippen LogP contribution in [0.2, 0.25) is 10.0 Å². The fourth-order valence-electron chi connectivity index (χ4n) is 2.28. The van der Waals surface area contributed by atoms with E-state index in [9.17, 15) is 4.79 Å². The van der Waals surface area contributed by atoms with Gasteiger partial charge >= 0.3 is 0 Å². The number of nitrogens with one attached hydrogen (secondary N) is 1. The van der Waals surface area contributed by atoms with Crippen molar-refractivity contribution < 1.29 is 4.79 Å². The molecule has 0 radical (unpaired) electrons. The molecule has 4 heteroatoms. The van der Waals surface area contributed by atoms with Gasteiger partial charge in [-0.3, -0.25) is 4.79 Å². The van der Waals surface area contributed by atoms with Gasteiger partial charge < -0.3 is 5.32 Å². The first-order valence-corrected chi connectivity index (χ1v) is 7.52. The highest BCUT2D eigenvalue weighted by atomic mass is 35.5. The molecule has 0 aliphatic carbocycles. The van der Waals surface area contributed by atoms with E-state index in [4.69, 9.17) is 23.2 Å². The van der Waals surface area contributed by atoms with Crippen molar-refractivity contribution in [1.29, 1.82) is 0 Å². The summed E-state index contributed by atoms with van der Waals surface area (Å²) in [6, 6.07) is 13.1. The smallest absolute Gasteiger partial charge is 0.224 e. The molecule has 0 aliphatic heterocycles. The molecule has 2 aromatic carbocycles. The van der Waals surface area contributed by atoms with Gasteiger partial charge in [-0.15, -0.1) is 0 Å². The highest BCUT2D eigenvalue weighted by Gasteiger charge is 2.13. The van der Waals surface area contributed by atoms with Gasteiger partial charge in [-0.2, -0.15) is 0 Å². The van der Waals surface area contributed by atoms with Crippen LogP contribution >= 0.6 is 23.2 Å². The van der Waals surface area contributed by atoms with E-state index >= 15 is 0 Å². The number of hydrogen-bond donors (Lipinski definition) is 1. The number of carbonyl (C=O) groups excluding carboxylic acids is 1. The maximum absolute atomic E-state index is 12.1. The van der Waals surface area contributed by atoms with Gasteiger partial charge in [0.2, 0.25) is 5.91 Å². The van der Waals surface area contributed by atoms with Gasteiger partial charge in [0.15, 0.2) is 0 Å². The third-order valence-corrected chi connectivity index (χ3v) is 3.99. The van der Waals surface area contributed by atoms with Gasteiger partial charge in [-0.25, -0.2) is 0 Å². The van der Waals surface area contributed by atoms with Gasteiger partial charge in [-0.05, 0) is 42.7 Å². The monoisotopic (exact) mass is 321 g/mol. The second-order valence-electron chi connectivity index (χ2n) is 5.06. The fraction of sp³-hybridized carbons (Fsp3) is 0.235. The van der Waals surface area contributed by atoms with Gasteiger partial charge in [0, 0.05) is 10.0 Å². The van der Waals surface area contributed by atoms with Crippen LogP contribution in [0.1, 0.15) is 29.7 Å². The Bertz CT molecular complexity index is 655. The zero-order chi connectivity index (χ0) is 15.4. The molecule has 0 fully saturated rings. The topological polar surface area (TPSA) is 29.1 Å². The second kappa shape index (κ2) is 6.97. The first-order chi connectivity index (χ1) is 9.97. The Balaban J connectivity index is 2.03. The standard InChI is InChI=1S/C17H17Cl2NO/c1-11-5-3-4-6-15(11)12(2)20-17(21)9-13-7-8-14(18)10-16(13)19/h3-8,10,12H,9H2,1-2H3,(H,20,21). The van der Waals surface area contributed by atoms with Crippen molar-refractivity contribution in [3.8, 4) is 0 Å². The molecular weight excluding hydrogens is 305 g/mol. The molecule has 0 spiro atoms. The van der Waals surface area contributed by atoms with E-state index in [1.807, 2.05) is 38.1 Å². The summed E-state index contributed by atoms with van der Waals surface area (Å²) in [7, 11) is 0. The maximum atomic E-state index is 12.1. The molecule has 0 aliphatic rings. The lowest BCUT2D eigenvalue weighted by molar-refractivity contribution is -0.121. The average molecular weight is 322 g/mol. The number of hydrogen-bond acceptors (Lipinski definition) is 1. The highest BCUT2D eigenvalue weighted by Crippen LogP contribution is 2.22. The van der Waals surface area contributed by atoms with Crippen LogP contribution in [0.15, 0.2) is 42.5 Å². The minimum atomic E-state index is -0.0602. The Morgan fingerprint density at radius 1 is 1.19 bits per heavy atom. The Morgan fingerprint density at radius 3 is 2.57 bits per heavy atom. The lowest BCUT2D eigenvalue weighted by Crippen LogP contribution is -2.28. The van der Waals surface area contributed by atoms with Crippen molar-refractivity contribution >= 4 is 29.1 Å². The summed E-state index contributed by atoms with van der Waals surface area (Å²) in [6.07, 6.45) is 0.242. The molecule has 2 aromatic rings. The number of amides is 1. The predicted molar refractivity (Wildman–Crippen MR) is 87.9 cm³/mol. The number of halogens is 2. The molecule has 0 saturated heterocycles. The molecule has 110 valence electrons. The van der Waals surface area contributed by atoms with E-state index in [2.05, 4.69) is 5.32 Å². The van der Waals surface area contributed by atoms with Gasteiger partial charge in [0.25, 0.3) is 0 Å². The van der Waals surface area contributed by atoms with Gasteiger partial charge in [0.1, 0.15) is 0 Å². The SMILES string of the molecule is Cc1ccccc1C(C)NC(=O)Cc1ccc(Cl)cc1Cl. The Kier molecular flexibility index (Phi) is 5.27. The van der Waals surface area contributed by atoms with Gasteiger partial charge in [0.05, 0.1) is 12.5 Å². The summed E-state index contributed by atoms with van der Waals surface area (Å²) in [6.45, 7) is 4.01. The first kappa shape index (κ1) is 15.9. The van der Waals surface area contributed by atoms with Crippen LogP contribution in [0.3, 0.4) is 0 Å². The lowest BCUT2D eigenvalue weighted by Gasteiger charge is -2.16. The summed E-state index contributed by atoms with van der Waals surface area (Å²) in [5.74, 6) is -0.0602. The highest BCUT2D eigenvalue weighted by molar-refractivity contribution is 6.35. The predicted octanol–water partition coefficient (Wildman–Crippen LogP) is 4.72. The molecular formula is C17H17Cl2NO. The molecule has 1 unspecified atom stereocenters. The molecule has 21 heavy (non-hydrogen) atoms. The van der Waals surface area contributed by atoms with Crippen molar-refractivity contribution in [3.05, 3.63) is 69.2 Å².